The molecule has 0 radical (unpaired) electrons. The molecule has 2 bridgehead atoms. The first-order valence-corrected chi connectivity index (χ1v) is 10.0. The minimum Gasteiger partial charge on any atom is -0.364 e. The molecule has 0 unspecified atom stereocenters. The van der Waals surface area contributed by atoms with Crippen LogP contribution in [-0.2, 0) is 0 Å². The number of carbonyl (C=O) groups excluding carboxylic acids is 1. The van der Waals surface area contributed by atoms with Crippen LogP contribution >= 0.6 is 0 Å². The summed E-state index contributed by atoms with van der Waals surface area (Å²) in [5, 5.41) is 0. The molecule has 4 saturated heterocycles. The SMILES string of the molecule is Cc1cc(=O)c(C(=O)N2C[C@@H](c3ccc(F)cc3)[C@@H]3[C@H]2C2CCN3CC2)c[nH]1. The monoisotopic (exact) mass is 381 g/mol. The molecule has 2 aromatic rings. The van der Waals surface area contributed by atoms with Gasteiger partial charge >= 0.3 is 0 Å². The van der Waals surface area contributed by atoms with E-state index in [-0.39, 0.29) is 40.7 Å². The van der Waals surface area contributed by atoms with Gasteiger partial charge in [0.1, 0.15) is 11.4 Å². The van der Waals surface area contributed by atoms with Crippen molar-refractivity contribution in [2.45, 2.75) is 37.8 Å². The van der Waals surface area contributed by atoms with Crippen LogP contribution in [-0.4, -0.2) is 52.4 Å². The van der Waals surface area contributed by atoms with Crippen LogP contribution in [0.3, 0.4) is 0 Å². The van der Waals surface area contributed by atoms with Gasteiger partial charge in [-0.3, -0.25) is 14.5 Å². The third-order valence-corrected chi connectivity index (χ3v) is 6.84. The minimum absolute atomic E-state index is 0.116. The van der Waals surface area contributed by atoms with Crippen molar-refractivity contribution in [1.29, 1.82) is 0 Å². The highest BCUT2D eigenvalue weighted by Gasteiger charge is 2.54. The van der Waals surface area contributed by atoms with Crippen LogP contribution in [0.4, 0.5) is 4.39 Å². The number of likely N-dealkylation sites (tertiary alicyclic amines) is 1. The highest BCUT2D eigenvalue weighted by molar-refractivity contribution is 5.94. The Morgan fingerprint density at radius 1 is 1.14 bits per heavy atom. The number of aromatic nitrogens is 1. The van der Waals surface area contributed by atoms with E-state index >= 15 is 0 Å². The fourth-order valence-electron chi connectivity index (χ4n) is 5.55. The van der Waals surface area contributed by atoms with Crippen molar-refractivity contribution in [2.24, 2.45) is 5.92 Å². The fourth-order valence-corrected chi connectivity index (χ4v) is 5.55. The van der Waals surface area contributed by atoms with Crippen molar-refractivity contribution in [3.63, 3.8) is 0 Å². The topological polar surface area (TPSA) is 56.4 Å². The van der Waals surface area contributed by atoms with Crippen LogP contribution < -0.4 is 5.43 Å². The van der Waals surface area contributed by atoms with Crippen LogP contribution in [0, 0.1) is 18.7 Å². The van der Waals surface area contributed by atoms with Crippen LogP contribution in [0.5, 0.6) is 0 Å². The van der Waals surface area contributed by atoms with Crippen molar-refractivity contribution in [1.82, 2.24) is 14.8 Å². The van der Waals surface area contributed by atoms with E-state index in [9.17, 15) is 14.0 Å². The number of carbonyl (C=O) groups is 1. The number of fused-ring (bicyclic) bond motifs is 2. The van der Waals surface area contributed by atoms with E-state index in [1.165, 1.54) is 18.2 Å². The zero-order valence-corrected chi connectivity index (χ0v) is 15.9. The van der Waals surface area contributed by atoms with E-state index in [2.05, 4.69) is 9.88 Å². The Kier molecular flexibility index (Phi) is 4.12. The van der Waals surface area contributed by atoms with Gasteiger partial charge in [-0.2, -0.15) is 0 Å². The number of H-pyrrole nitrogens is 1. The lowest BCUT2D eigenvalue weighted by Crippen LogP contribution is -2.60. The van der Waals surface area contributed by atoms with Gasteiger partial charge in [-0.05, 0) is 56.5 Å². The Morgan fingerprint density at radius 3 is 2.54 bits per heavy atom. The molecule has 3 atom stereocenters. The summed E-state index contributed by atoms with van der Waals surface area (Å²) in [6, 6.07) is 8.51. The van der Waals surface area contributed by atoms with Crippen molar-refractivity contribution >= 4 is 5.91 Å². The number of hydrogen-bond acceptors (Lipinski definition) is 3. The molecule has 5 heterocycles. The highest BCUT2D eigenvalue weighted by Crippen LogP contribution is 2.46. The average Bonchev–Trinajstić information content (AvgIpc) is 3.12. The summed E-state index contributed by atoms with van der Waals surface area (Å²) in [5.41, 5.74) is 1.79. The molecule has 4 aliphatic heterocycles. The van der Waals surface area contributed by atoms with Gasteiger partial charge in [0.2, 0.25) is 0 Å². The molecule has 4 fully saturated rings. The maximum absolute atomic E-state index is 13.4. The van der Waals surface area contributed by atoms with Gasteiger partial charge in [0.15, 0.2) is 5.43 Å². The maximum atomic E-state index is 13.4. The van der Waals surface area contributed by atoms with Crippen molar-refractivity contribution in [3.8, 4) is 0 Å². The number of aromatic amines is 1. The first-order chi connectivity index (χ1) is 13.5. The van der Waals surface area contributed by atoms with Gasteiger partial charge in [0.25, 0.3) is 5.91 Å². The molecule has 28 heavy (non-hydrogen) atoms. The van der Waals surface area contributed by atoms with Crippen LogP contribution in [0.2, 0.25) is 0 Å². The quantitative estimate of drug-likeness (QED) is 0.870. The molecular formula is C22H24FN3O2. The first kappa shape index (κ1) is 17.6. The second kappa shape index (κ2) is 6.55. The summed E-state index contributed by atoms with van der Waals surface area (Å²) in [4.78, 5) is 33.2. The Bertz CT molecular complexity index is 962. The zero-order valence-electron chi connectivity index (χ0n) is 15.9. The number of hydrogen-bond donors (Lipinski definition) is 1. The second-order valence-corrected chi connectivity index (χ2v) is 8.36. The van der Waals surface area contributed by atoms with E-state index in [1.807, 2.05) is 17.0 Å². The van der Waals surface area contributed by atoms with Crippen molar-refractivity contribution in [2.75, 3.05) is 19.6 Å². The third kappa shape index (κ3) is 2.70. The molecule has 6 heteroatoms. The van der Waals surface area contributed by atoms with Crippen LogP contribution in [0.1, 0.15) is 40.4 Å². The lowest BCUT2D eigenvalue weighted by atomic mass is 9.75. The molecule has 5 nitrogen and oxygen atoms in total. The van der Waals surface area contributed by atoms with Crippen molar-refractivity contribution < 1.29 is 9.18 Å². The van der Waals surface area contributed by atoms with E-state index < -0.39 is 0 Å². The van der Waals surface area contributed by atoms with Gasteiger partial charge in [-0.15, -0.1) is 0 Å². The van der Waals surface area contributed by atoms with Gasteiger partial charge in [-0.25, -0.2) is 4.39 Å². The molecule has 4 aliphatic rings. The van der Waals surface area contributed by atoms with E-state index in [0.29, 0.717) is 12.5 Å². The lowest BCUT2D eigenvalue weighted by Gasteiger charge is -2.51. The van der Waals surface area contributed by atoms with Crippen LogP contribution in [0.25, 0.3) is 0 Å². The molecule has 0 aliphatic carbocycles. The molecule has 0 saturated carbocycles. The average molecular weight is 381 g/mol. The van der Waals surface area contributed by atoms with Crippen molar-refractivity contribution in [3.05, 3.63) is 69.4 Å². The van der Waals surface area contributed by atoms with Gasteiger partial charge < -0.3 is 9.88 Å². The van der Waals surface area contributed by atoms with E-state index in [0.717, 1.165) is 37.2 Å². The van der Waals surface area contributed by atoms with Gasteiger partial charge in [-0.1, -0.05) is 12.1 Å². The molecule has 1 N–H and O–H groups in total. The number of nitrogens with one attached hydrogen (secondary N) is 1. The van der Waals surface area contributed by atoms with Gasteiger partial charge in [0.05, 0.1) is 6.04 Å². The number of nitrogens with zero attached hydrogens (tertiary/aromatic N) is 2. The molecule has 0 spiro atoms. The molecule has 1 aromatic heterocycles. The standard InChI is InChI=1S/C22H24FN3O2/c1-13-10-19(27)17(11-24-13)22(28)26-12-18(14-2-4-16(23)5-3-14)21-20(26)15-6-8-25(21)9-7-15/h2-5,10-11,15,18,20-21H,6-9,12H2,1H3,(H,24,27)/t18-,20+,21+/m0/s1. The molecule has 1 amide bonds. The fraction of sp³-hybridized carbons (Fsp3) is 0.455. The normalized spacial score (nSPS) is 31.1. The minimum atomic E-state index is -0.247. The number of halogens is 1. The van der Waals surface area contributed by atoms with Gasteiger partial charge in [0, 0.05) is 36.5 Å². The predicted octanol–water partition coefficient (Wildman–Crippen LogP) is 2.52. The number of aryl methyl sites for hydroxylation is 1. The number of benzene rings is 1. The molecule has 6 rings (SSSR count). The number of rotatable bonds is 2. The Balaban J connectivity index is 1.54. The zero-order chi connectivity index (χ0) is 19.4. The number of pyridine rings is 1. The number of amides is 1. The summed E-state index contributed by atoms with van der Waals surface area (Å²) in [6.45, 7) is 4.48. The van der Waals surface area contributed by atoms with E-state index in [4.69, 9.17) is 0 Å². The first-order valence-electron chi connectivity index (χ1n) is 10.0. The Morgan fingerprint density at radius 2 is 1.86 bits per heavy atom. The summed E-state index contributed by atoms with van der Waals surface area (Å²) >= 11 is 0. The number of piperidine rings is 3. The summed E-state index contributed by atoms with van der Waals surface area (Å²) in [5.74, 6) is 0.175. The Hall–Kier alpha value is -2.47. The third-order valence-electron chi connectivity index (χ3n) is 6.84. The predicted molar refractivity (Wildman–Crippen MR) is 104 cm³/mol. The maximum Gasteiger partial charge on any atom is 0.259 e. The lowest BCUT2D eigenvalue weighted by molar-refractivity contribution is -0.00346. The molecule has 1 aromatic carbocycles. The largest absolute Gasteiger partial charge is 0.364 e. The Labute approximate surface area is 163 Å². The van der Waals surface area contributed by atoms with E-state index in [1.54, 1.807) is 13.1 Å². The molecular weight excluding hydrogens is 357 g/mol. The highest BCUT2D eigenvalue weighted by atomic mass is 19.1. The summed E-state index contributed by atoms with van der Waals surface area (Å²) in [7, 11) is 0. The molecule has 146 valence electrons. The summed E-state index contributed by atoms with van der Waals surface area (Å²) < 4.78 is 13.4. The second-order valence-electron chi connectivity index (χ2n) is 8.36. The summed E-state index contributed by atoms with van der Waals surface area (Å²) in [6.07, 6.45) is 3.72. The smallest absolute Gasteiger partial charge is 0.259 e. The van der Waals surface area contributed by atoms with Crippen LogP contribution in [0.15, 0.2) is 41.3 Å².